The van der Waals surface area contributed by atoms with Crippen LogP contribution in [0.15, 0.2) is 48.6 Å². The molecule has 0 N–H and O–H groups in total. The van der Waals surface area contributed by atoms with Crippen molar-refractivity contribution >= 4 is 9.04 Å². The molecule has 0 spiro atoms. The third kappa shape index (κ3) is 3.13. The third-order valence-electron chi connectivity index (χ3n) is 4.27. The minimum Gasteiger partial charge on any atom is -0.417 e. The van der Waals surface area contributed by atoms with Crippen molar-refractivity contribution in [2.75, 3.05) is 6.61 Å². The third-order valence-corrected chi connectivity index (χ3v) is 5.05. The van der Waals surface area contributed by atoms with Gasteiger partial charge < -0.3 is 4.43 Å². The van der Waals surface area contributed by atoms with Gasteiger partial charge in [-0.3, -0.25) is 0 Å². The van der Waals surface area contributed by atoms with E-state index in [2.05, 4.69) is 75.5 Å². The smallest absolute Gasteiger partial charge is 0.204 e. The Hall–Kier alpha value is -1.12. The van der Waals surface area contributed by atoms with E-state index in [-0.39, 0.29) is 5.41 Å². The monoisotopic (exact) mass is 285 g/mol. The fraction of sp³-hybridized carbons (Fsp3) is 0.444. The number of benzene rings is 1. The second-order valence-electron chi connectivity index (χ2n) is 5.89. The van der Waals surface area contributed by atoms with Crippen LogP contribution in [0.1, 0.15) is 24.5 Å². The van der Waals surface area contributed by atoms with Crippen LogP contribution < -0.4 is 0 Å². The molecule has 107 valence electrons. The van der Waals surface area contributed by atoms with Crippen LogP contribution in [0.3, 0.4) is 0 Å². The molecular formula is C18H25OSi. The Balaban J connectivity index is 2.32. The molecule has 1 aromatic carbocycles. The summed E-state index contributed by atoms with van der Waals surface area (Å²) in [5.74, 6) is 0.501. The first kappa shape index (κ1) is 15.3. The van der Waals surface area contributed by atoms with E-state index in [1.54, 1.807) is 0 Å². The van der Waals surface area contributed by atoms with Gasteiger partial charge in [-0.05, 0) is 43.5 Å². The first-order chi connectivity index (χ1) is 9.56. The summed E-state index contributed by atoms with van der Waals surface area (Å²) in [4.78, 5) is 0. The average Bonchev–Trinajstić information content (AvgIpc) is 2.41. The maximum absolute atomic E-state index is 5.92. The Morgan fingerprint density at radius 3 is 2.60 bits per heavy atom. The minimum atomic E-state index is -0.612. The van der Waals surface area contributed by atoms with Crippen molar-refractivity contribution in [2.24, 2.45) is 5.92 Å². The van der Waals surface area contributed by atoms with E-state index in [0.29, 0.717) is 5.92 Å². The number of rotatable bonds is 5. The van der Waals surface area contributed by atoms with Crippen molar-refractivity contribution in [1.82, 2.24) is 0 Å². The topological polar surface area (TPSA) is 9.23 Å². The molecule has 0 aromatic heterocycles. The van der Waals surface area contributed by atoms with E-state index in [0.717, 1.165) is 13.0 Å². The lowest BCUT2D eigenvalue weighted by Gasteiger charge is -2.39. The Morgan fingerprint density at radius 2 is 1.95 bits per heavy atom. The highest BCUT2D eigenvalue weighted by Gasteiger charge is 2.36. The molecule has 0 aliphatic heterocycles. The quantitative estimate of drug-likeness (QED) is 0.715. The van der Waals surface area contributed by atoms with Gasteiger partial charge in [-0.2, -0.15) is 0 Å². The summed E-state index contributed by atoms with van der Waals surface area (Å²) < 4.78 is 5.92. The number of aryl methyl sites for hydroxylation is 1. The lowest BCUT2D eigenvalue weighted by molar-refractivity contribution is 0.258. The normalized spacial score (nSPS) is 25.4. The zero-order valence-corrected chi connectivity index (χ0v) is 14.0. The van der Waals surface area contributed by atoms with Crippen LogP contribution in [0, 0.1) is 12.8 Å². The molecule has 1 nitrogen and oxygen atoms in total. The first-order valence-electron chi connectivity index (χ1n) is 7.41. The molecule has 0 heterocycles. The van der Waals surface area contributed by atoms with Crippen molar-refractivity contribution in [2.45, 2.75) is 38.8 Å². The molecule has 0 saturated carbocycles. The zero-order valence-electron chi connectivity index (χ0n) is 13.0. The second-order valence-corrected chi connectivity index (χ2v) is 8.00. The molecule has 2 atom stereocenters. The lowest BCUT2D eigenvalue weighted by atomic mass is 9.66. The molecule has 1 aliphatic carbocycles. The van der Waals surface area contributed by atoms with Crippen molar-refractivity contribution < 1.29 is 4.43 Å². The first-order valence-corrected chi connectivity index (χ1v) is 9.82. The fourth-order valence-corrected chi connectivity index (χ4v) is 3.59. The predicted molar refractivity (Wildman–Crippen MR) is 88.4 cm³/mol. The van der Waals surface area contributed by atoms with E-state index in [1.165, 1.54) is 11.1 Å². The maximum atomic E-state index is 5.92. The maximum Gasteiger partial charge on any atom is 0.204 e. The molecule has 0 bridgehead atoms. The summed E-state index contributed by atoms with van der Waals surface area (Å²) in [6.07, 6.45) is 10.1. The van der Waals surface area contributed by atoms with Gasteiger partial charge in [-0.1, -0.05) is 55.5 Å². The van der Waals surface area contributed by atoms with Crippen LogP contribution in [0.5, 0.6) is 0 Å². The van der Waals surface area contributed by atoms with Gasteiger partial charge in [0.05, 0.1) is 0 Å². The van der Waals surface area contributed by atoms with E-state index in [9.17, 15) is 0 Å². The Labute approximate surface area is 125 Å². The van der Waals surface area contributed by atoms with Crippen molar-refractivity contribution in [1.29, 1.82) is 0 Å². The summed E-state index contributed by atoms with van der Waals surface area (Å²) in [5, 5.41) is 0. The van der Waals surface area contributed by atoms with E-state index in [4.69, 9.17) is 4.43 Å². The molecule has 20 heavy (non-hydrogen) atoms. The Morgan fingerprint density at radius 1 is 1.20 bits per heavy atom. The highest BCUT2D eigenvalue weighted by atomic mass is 28.3. The lowest BCUT2D eigenvalue weighted by Crippen LogP contribution is -2.34. The highest BCUT2D eigenvalue weighted by molar-refractivity contribution is 6.48. The summed E-state index contributed by atoms with van der Waals surface area (Å²) >= 11 is 0. The summed E-state index contributed by atoms with van der Waals surface area (Å²) in [6.45, 7) is 9.77. The molecule has 2 rings (SSSR count). The van der Waals surface area contributed by atoms with Crippen LogP contribution in [0.2, 0.25) is 13.1 Å². The average molecular weight is 285 g/mol. The zero-order chi connectivity index (χ0) is 14.6. The number of hydrogen-bond acceptors (Lipinski definition) is 1. The molecular weight excluding hydrogens is 260 g/mol. The van der Waals surface area contributed by atoms with Gasteiger partial charge in [0.2, 0.25) is 9.04 Å². The SMILES string of the molecule is Cc1ccccc1C1(CCO[Si](C)C)C=CC=CC1C. The highest BCUT2D eigenvalue weighted by Crippen LogP contribution is 2.41. The summed E-state index contributed by atoms with van der Waals surface area (Å²) in [5.41, 5.74) is 2.90. The van der Waals surface area contributed by atoms with Gasteiger partial charge in [0, 0.05) is 12.0 Å². The molecule has 1 radical (unpaired) electrons. The number of allylic oxidation sites excluding steroid dienone is 4. The molecule has 1 aromatic rings. The van der Waals surface area contributed by atoms with Crippen LogP contribution >= 0.6 is 0 Å². The minimum absolute atomic E-state index is 0.0808. The second kappa shape index (κ2) is 6.55. The van der Waals surface area contributed by atoms with Gasteiger partial charge in [0.25, 0.3) is 0 Å². The summed E-state index contributed by atoms with van der Waals surface area (Å²) in [6, 6.07) is 8.76. The van der Waals surface area contributed by atoms with Crippen LogP contribution in [-0.4, -0.2) is 15.6 Å². The fourth-order valence-electron chi connectivity index (χ4n) is 3.08. The predicted octanol–water partition coefficient (Wildman–Crippen LogP) is 4.65. The molecule has 0 saturated heterocycles. The van der Waals surface area contributed by atoms with E-state index in [1.807, 2.05) is 0 Å². The van der Waals surface area contributed by atoms with Gasteiger partial charge in [0.15, 0.2) is 0 Å². The Kier molecular flexibility index (Phi) is 5.00. The van der Waals surface area contributed by atoms with Gasteiger partial charge in [0.1, 0.15) is 0 Å². The van der Waals surface area contributed by atoms with Crippen LogP contribution in [0.25, 0.3) is 0 Å². The standard InChI is InChI=1S/C18H25OSi/c1-15-9-5-6-11-17(15)18(13-14-19-20(3)4)12-8-7-10-16(18)2/h5-12,16H,13-14H2,1-4H3. The molecule has 2 heteroatoms. The van der Waals surface area contributed by atoms with Gasteiger partial charge in [-0.25, -0.2) is 0 Å². The van der Waals surface area contributed by atoms with E-state index < -0.39 is 9.04 Å². The van der Waals surface area contributed by atoms with E-state index >= 15 is 0 Å². The van der Waals surface area contributed by atoms with Crippen molar-refractivity contribution in [3.8, 4) is 0 Å². The van der Waals surface area contributed by atoms with Crippen LogP contribution in [0.4, 0.5) is 0 Å². The van der Waals surface area contributed by atoms with Crippen molar-refractivity contribution in [3.63, 3.8) is 0 Å². The Bertz CT molecular complexity index is 504. The summed E-state index contributed by atoms with van der Waals surface area (Å²) in [7, 11) is -0.612. The molecule has 1 aliphatic rings. The molecule has 0 amide bonds. The largest absolute Gasteiger partial charge is 0.417 e. The molecule has 2 unspecified atom stereocenters. The van der Waals surface area contributed by atoms with Gasteiger partial charge in [-0.15, -0.1) is 0 Å². The molecule has 0 fully saturated rings. The van der Waals surface area contributed by atoms with Crippen LogP contribution in [-0.2, 0) is 9.84 Å². The van der Waals surface area contributed by atoms with Gasteiger partial charge >= 0.3 is 0 Å². The van der Waals surface area contributed by atoms with Crippen molar-refractivity contribution in [3.05, 3.63) is 59.7 Å². The number of hydrogen-bond donors (Lipinski definition) is 0.